The van der Waals surface area contributed by atoms with E-state index in [9.17, 15) is 10.1 Å². The van der Waals surface area contributed by atoms with Crippen LogP contribution in [0.25, 0.3) is 10.2 Å². The predicted octanol–water partition coefficient (Wildman–Crippen LogP) is 5.01. The Kier molecular flexibility index (Phi) is 6.40. The summed E-state index contributed by atoms with van der Waals surface area (Å²) < 4.78 is 6.18. The van der Waals surface area contributed by atoms with Gasteiger partial charge in [-0.1, -0.05) is 30.0 Å². The number of carbonyl (C=O) groups excluding carboxylic acids is 1. The summed E-state index contributed by atoms with van der Waals surface area (Å²) in [7, 11) is 1.62. The molecule has 0 radical (unpaired) electrons. The molecule has 0 bridgehead atoms. The van der Waals surface area contributed by atoms with Crippen molar-refractivity contribution in [3.05, 3.63) is 40.6 Å². The maximum absolute atomic E-state index is 12.9. The van der Waals surface area contributed by atoms with E-state index in [1.165, 1.54) is 23.1 Å². The number of carbonyl (C=O) groups is 1. The summed E-state index contributed by atoms with van der Waals surface area (Å²) >= 11 is 2.73. The monoisotopic (exact) mass is 426 g/mol. The smallest absolute Gasteiger partial charge is 0.239 e. The average molecular weight is 427 g/mol. The summed E-state index contributed by atoms with van der Waals surface area (Å²) in [4.78, 5) is 21.9. The van der Waals surface area contributed by atoms with Gasteiger partial charge in [-0.25, -0.2) is 9.97 Å². The Morgan fingerprint density at radius 3 is 2.72 bits per heavy atom. The lowest BCUT2D eigenvalue weighted by Crippen LogP contribution is -2.24. The van der Waals surface area contributed by atoms with Gasteiger partial charge in [0.2, 0.25) is 5.91 Å². The van der Waals surface area contributed by atoms with Crippen molar-refractivity contribution in [2.24, 2.45) is 0 Å². The number of benzene rings is 1. The Labute approximate surface area is 178 Å². The quantitative estimate of drug-likeness (QED) is 0.558. The zero-order chi connectivity index (χ0) is 21.1. The maximum Gasteiger partial charge on any atom is 0.239 e. The van der Waals surface area contributed by atoms with Crippen molar-refractivity contribution in [2.45, 2.75) is 44.4 Å². The lowest BCUT2D eigenvalue weighted by Gasteiger charge is -2.16. The first-order chi connectivity index (χ1) is 13.9. The Balaban J connectivity index is 1.82. The van der Waals surface area contributed by atoms with Crippen molar-refractivity contribution < 1.29 is 9.53 Å². The van der Waals surface area contributed by atoms with Crippen LogP contribution in [0, 0.1) is 32.1 Å². The Morgan fingerprint density at radius 1 is 1.31 bits per heavy atom. The SMILES string of the molecule is CCC(Sc1nc(C)c(C)c(C)c1C#N)C(=O)Nc1nc2ccc(OC)cc2s1. The molecule has 1 N–H and O–H groups in total. The van der Waals surface area contributed by atoms with E-state index in [4.69, 9.17) is 4.74 Å². The number of nitriles is 1. The van der Waals surface area contributed by atoms with Crippen molar-refractivity contribution in [2.75, 3.05) is 12.4 Å². The van der Waals surface area contributed by atoms with Gasteiger partial charge in [0, 0.05) is 5.69 Å². The summed E-state index contributed by atoms with van der Waals surface area (Å²) in [6.07, 6.45) is 0.605. The third kappa shape index (κ3) is 4.36. The second-order valence-corrected chi connectivity index (χ2v) is 8.82. The first kappa shape index (κ1) is 21.1. The second kappa shape index (κ2) is 8.80. The fourth-order valence-electron chi connectivity index (χ4n) is 2.86. The van der Waals surface area contributed by atoms with Crippen molar-refractivity contribution in [1.82, 2.24) is 9.97 Å². The number of thioether (sulfide) groups is 1. The Bertz CT molecular complexity index is 1120. The topological polar surface area (TPSA) is 87.9 Å². The number of methoxy groups -OCH3 is 1. The first-order valence-corrected chi connectivity index (χ1v) is 10.9. The molecule has 0 aliphatic heterocycles. The molecule has 1 atom stereocenters. The second-order valence-electron chi connectivity index (χ2n) is 6.60. The van der Waals surface area contributed by atoms with Crippen LogP contribution in [0.5, 0.6) is 5.75 Å². The molecule has 6 nitrogen and oxygen atoms in total. The van der Waals surface area contributed by atoms with E-state index in [-0.39, 0.29) is 11.2 Å². The number of thiazole rings is 1. The van der Waals surface area contributed by atoms with E-state index in [1.807, 2.05) is 45.9 Å². The van der Waals surface area contributed by atoms with Gasteiger partial charge in [0.1, 0.15) is 16.8 Å². The summed E-state index contributed by atoms with van der Waals surface area (Å²) in [5.74, 6) is 0.603. The summed E-state index contributed by atoms with van der Waals surface area (Å²) in [6.45, 7) is 7.74. The van der Waals surface area contributed by atoms with Crippen molar-refractivity contribution in [3.8, 4) is 11.8 Å². The molecule has 0 aliphatic carbocycles. The molecule has 2 aromatic heterocycles. The molecule has 8 heteroatoms. The standard InChI is InChI=1S/C21H22N4O2S2/c1-6-17(28-20-15(10-22)12(3)11(2)13(4)23-20)19(26)25-21-24-16-8-7-14(27-5)9-18(16)29-21/h7-9,17H,6H2,1-5H3,(H,24,25,26). The molecule has 1 unspecified atom stereocenters. The van der Waals surface area contributed by atoms with Crippen LogP contribution in [0.4, 0.5) is 5.13 Å². The summed E-state index contributed by atoms with van der Waals surface area (Å²) in [6, 6.07) is 7.85. The van der Waals surface area contributed by atoms with Gasteiger partial charge in [0.25, 0.3) is 0 Å². The number of hydrogen-bond donors (Lipinski definition) is 1. The van der Waals surface area contributed by atoms with Gasteiger partial charge in [-0.05, 0) is 56.5 Å². The third-order valence-corrected chi connectivity index (χ3v) is 7.10. The van der Waals surface area contributed by atoms with Crippen LogP contribution in [-0.2, 0) is 4.79 Å². The van der Waals surface area contributed by atoms with Crippen LogP contribution in [-0.4, -0.2) is 28.2 Å². The minimum absolute atomic E-state index is 0.148. The molecule has 3 aromatic rings. The molecular formula is C21H22N4O2S2. The van der Waals surface area contributed by atoms with Crippen LogP contribution < -0.4 is 10.1 Å². The highest BCUT2D eigenvalue weighted by molar-refractivity contribution is 8.00. The number of fused-ring (bicyclic) bond motifs is 1. The number of anilines is 1. The van der Waals surface area contributed by atoms with Crippen LogP contribution in [0.2, 0.25) is 0 Å². The van der Waals surface area contributed by atoms with Gasteiger partial charge in [-0.15, -0.1) is 0 Å². The molecule has 0 spiro atoms. The van der Waals surface area contributed by atoms with E-state index in [0.29, 0.717) is 22.1 Å². The van der Waals surface area contributed by atoms with E-state index >= 15 is 0 Å². The van der Waals surface area contributed by atoms with Crippen LogP contribution in [0.3, 0.4) is 0 Å². The fourth-order valence-corrected chi connectivity index (χ4v) is 4.86. The van der Waals surface area contributed by atoms with E-state index < -0.39 is 0 Å². The number of ether oxygens (including phenoxy) is 1. The molecule has 29 heavy (non-hydrogen) atoms. The van der Waals surface area contributed by atoms with E-state index in [2.05, 4.69) is 21.4 Å². The molecule has 0 saturated heterocycles. The molecule has 3 rings (SSSR count). The summed E-state index contributed by atoms with van der Waals surface area (Å²) in [5, 5.41) is 13.3. The van der Waals surface area contributed by atoms with Gasteiger partial charge in [-0.2, -0.15) is 5.26 Å². The van der Waals surface area contributed by atoms with Crippen molar-refractivity contribution >= 4 is 44.4 Å². The largest absolute Gasteiger partial charge is 0.497 e. The van der Waals surface area contributed by atoms with E-state index in [0.717, 1.165) is 32.8 Å². The minimum atomic E-state index is -0.377. The molecule has 1 aromatic carbocycles. The Hall–Kier alpha value is -2.63. The van der Waals surface area contributed by atoms with Gasteiger partial charge >= 0.3 is 0 Å². The van der Waals surface area contributed by atoms with Crippen LogP contribution >= 0.6 is 23.1 Å². The number of pyridine rings is 1. The third-order valence-electron chi connectivity index (χ3n) is 4.82. The predicted molar refractivity (Wildman–Crippen MR) is 118 cm³/mol. The van der Waals surface area contributed by atoms with Crippen molar-refractivity contribution in [3.63, 3.8) is 0 Å². The minimum Gasteiger partial charge on any atom is -0.497 e. The molecule has 1 amide bonds. The van der Waals surface area contributed by atoms with Gasteiger partial charge in [0.05, 0.1) is 28.1 Å². The zero-order valence-corrected chi connectivity index (χ0v) is 18.6. The van der Waals surface area contributed by atoms with Gasteiger partial charge in [0.15, 0.2) is 5.13 Å². The number of aromatic nitrogens is 2. The fraction of sp³-hybridized carbons (Fsp3) is 0.333. The highest BCUT2D eigenvalue weighted by Crippen LogP contribution is 2.33. The molecule has 2 heterocycles. The van der Waals surface area contributed by atoms with E-state index in [1.54, 1.807) is 7.11 Å². The number of nitrogens with zero attached hydrogens (tertiary/aromatic N) is 3. The van der Waals surface area contributed by atoms with Crippen LogP contribution in [0.1, 0.15) is 35.7 Å². The molecule has 0 aliphatic rings. The van der Waals surface area contributed by atoms with Gasteiger partial charge < -0.3 is 10.1 Å². The molecule has 150 valence electrons. The number of rotatable bonds is 6. The molecule has 0 fully saturated rings. The normalized spacial score (nSPS) is 11.9. The lowest BCUT2D eigenvalue weighted by molar-refractivity contribution is -0.115. The number of nitrogens with one attached hydrogen (secondary N) is 1. The molecular weight excluding hydrogens is 404 g/mol. The lowest BCUT2D eigenvalue weighted by atomic mass is 10.1. The number of amides is 1. The van der Waals surface area contributed by atoms with Crippen molar-refractivity contribution in [1.29, 1.82) is 5.26 Å². The number of aryl methyl sites for hydroxylation is 1. The molecule has 0 saturated carbocycles. The highest BCUT2D eigenvalue weighted by atomic mass is 32.2. The zero-order valence-electron chi connectivity index (χ0n) is 17.0. The maximum atomic E-state index is 12.9. The Morgan fingerprint density at radius 2 is 2.07 bits per heavy atom. The highest BCUT2D eigenvalue weighted by Gasteiger charge is 2.23. The van der Waals surface area contributed by atoms with Gasteiger partial charge in [-0.3, -0.25) is 4.79 Å². The first-order valence-electron chi connectivity index (χ1n) is 9.17. The average Bonchev–Trinajstić information content (AvgIpc) is 3.11. The van der Waals surface area contributed by atoms with Crippen LogP contribution in [0.15, 0.2) is 23.2 Å². The number of hydrogen-bond acceptors (Lipinski definition) is 7. The summed E-state index contributed by atoms with van der Waals surface area (Å²) in [5.41, 5.74) is 4.15.